The van der Waals surface area contributed by atoms with E-state index in [0.717, 1.165) is 131 Å². The Morgan fingerprint density at radius 1 is 0.352 bits per heavy atom. The SMILES string of the molecule is C=CCO[C@H]1O[C@H](CO[C@@H]2O[C@H](CO)[C@@H](O)[C@H](OC(=O)C[C@@H](CCCCCCCCCCC)OCc3ccccc3)[C@H]2NC(=O)C[C@@H](CCCCCCCCCCC)OCc2ccccc2)[C@@H](OCc2ccccc2)[C@H](OC(=O)C[C@@H](CCCCCCCCCCC)OCc2ccccc2)[C@H]1NC(=O)C[C@@H](CCCCCCCCCCC)OCc1ccccc1. The smallest absolute Gasteiger partial charge is 0.308 e. The van der Waals surface area contributed by atoms with Gasteiger partial charge in [0, 0.05) is 0 Å². The number of unbranched alkanes of at least 4 members (excludes halogenated alkanes) is 32. The molecule has 5 aromatic rings. The summed E-state index contributed by atoms with van der Waals surface area (Å²) in [6.45, 7) is 12.7. The maximum atomic E-state index is 15.5. The highest BCUT2D eigenvalue weighted by atomic mass is 16.7. The minimum atomic E-state index is -1.69. The molecule has 698 valence electrons. The molecule has 7 rings (SSSR count). The van der Waals surface area contributed by atoms with Gasteiger partial charge in [-0.2, -0.15) is 0 Å². The fourth-order valence-corrected chi connectivity index (χ4v) is 16.8. The fraction of sp³-hybridized carbons (Fsp3) is 0.660. The molecule has 19 nitrogen and oxygen atoms in total. The summed E-state index contributed by atoms with van der Waals surface area (Å²) < 4.78 is 74.7. The van der Waals surface area contributed by atoms with Crippen molar-refractivity contribution in [3.8, 4) is 0 Å². The number of nitrogens with one attached hydrogen (secondary N) is 2. The standard InChI is InChI=1S/C106H162N2O17/c1-6-11-15-19-23-27-31-35-54-68-89(116-78-84-58-44-39-45-59-84)73-95(110)107-99-103(124-97(112)75-91(118-80-86-62-48-41-49-63-86)70-56-37-33-29-25-21-17-13-8-3)101(114)93(77-109)122-106(99)121-83-94-102(120-82-88-66-52-43-53-67-88)104(125-98(113)76-92(119-81-87-64-50-42-51-65-87)71-57-38-34-30-26-22-18-14-9-4)100(105(123-94)115-72-10-5)108-96(111)74-90(117-79-85-60-46-40-47-61-85)69-55-36-32-28-24-20-16-12-7-2/h10,39-53,58-67,89-94,99-106,109,114H,5-9,11-38,54-57,68-83H2,1-4H3,(H,107,110)(H,108,111)/t89-,90-,91-,92-,93-,94-,99-,100-,101-,102-,103-,104-,105+,106-/m1/s1. The molecule has 125 heavy (non-hydrogen) atoms. The Morgan fingerprint density at radius 2 is 0.632 bits per heavy atom. The number of amides is 2. The average Bonchev–Trinajstić information content (AvgIpc) is 0.773. The van der Waals surface area contributed by atoms with Gasteiger partial charge in [0.05, 0.1) is 103 Å². The highest BCUT2D eigenvalue weighted by molar-refractivity contribution is 5.78. The number of benzene rings is 5. The largest absolute Gasteiger partial charge is 0.457 e. The van der Waals surface area contributed by atoms with Crippen LogP contribution in [0, 0.1) is 0 Å². The number of aliphatic hydroxyl groups is 2. The van der Waals surface area contributed by atoms with Crippen molar-refractivity contribution in [2.24, 2.45) is 0 Å². The van der Waals surface area contributed by atoms with Gasteiger partial charge in [0.1, 0.15) is 36.5 Å². The lowest BCUT2D eigenvalue weighted by atomic mass is 9.94. The minimum absolute atomic E-state index is 0.0228. The second-order valence-electron chi connectivity index (χ2n) is 35.0. The van der Waals surface area contributed by atoms with Gasteiger partial charge >= 0.3 is 11.9 Å². The first-order valence-electron chi connectivity index (χ1n) is 49.1. The first-order chi connectivity index (χ1) is 61.4. The molecule has 0 aliphatic carbocycles. The van der Waals surface area contributed by atoms with Crippen molar-refractivity contribution >= 4 is 23.8 Å². The summed E-state index contributed by atoms with van der Waals surface area (Å²) in [5.74, 6) is -2.19. The number of hydrogen-bond donors (Lipinski definition) is 4. The third kappa shape index (κ3) is 45.4. The molecule has 0 unspecified atom stereocenters. The monoisotopic (exact) mass is 1740 g/mol. The van der Waals surface area contributed by atoms with Gasteiger partial charge in [-0.05, 0) is 53.5 Å². The highest BCUT2D eigenvalue weighted by Gasteiger charge is 2.53. The summed E-state index contributed by atoms with van der Waals surface area (Å²) in [6.07, 6.45) is 30.3. The van der Waals surface area contributed by atoms with E-state index < -0.39 is 123 Å². The van der Waals surface area contributed by atoms with Gasteiger partial charge in [-0.15, -0.1) is 6.58 Å². The summed E-state index contributed by atoms with van der Waals surface area (Å²) >= 11 is 0. The number of carbonyl (C=O) groups excluding carboxylic acids is 4. The van der Waals surface area contributed by atoms with Crippen LogP contribution in [0.25, 0.3) is 0 Å². The van der Waals surface area contributed by atoms with Gasteiger partial charge in [-0.1, -0.05) is 417 Å². The van der Waals surface area contributed by atoms with E-state index in [1.807, 2.05) is 152 Å². The molecule has 0 saturated carbocycles. The van der Waals surface area contributed by atoms with Crippen molar-refractivity contribution < 1.29 is 81.5 Å². The third-order valence-corrected chi connectivity index (χ3v) is 24.2. The van der Waals surface area contributed by atoms with Crippen LogP contribution < -0.4 is 10.6 Å². The lowest BCUT2D eigenvalue weighted by Gasteiger charge is -2.47. The van der Waals surface area contributed by atoms with Crippen LogP contribution in [0.2, 0.25) is 0 Å². The van der Waals surface area contributed by atoms with Crippen molar-refractivity contribution in [3.05, 3.63) is 192 Å². The predicted octanol–water partition coefficient (Wildman–Crippen LogP) is 23.0. The highest BCUT2D eigenvalue weighted by Crippen LogP contribution is 2.34. The molecule has 2 amide bonds. The van der Waals surface area contributed by atoms with Gasteiger partial charge in [0.15, 0.2) is 24.8 Å². The Labute approximate surface area is 752 Å². The maximum Gasteiger partial charge on any atom is 0.308 e. The second-order valence-corrected chi connectivity index (χ2v) is 35.0. The summed E-state index contributed by atoms with van der Waals surface area (Å²) in [4.78, 5) is 61.3. The molecule has 4 N–H and O–H groups in total. The second kappa shape index (κ2) is 67.5. The fourth-order valence-electron chi connectivity index (χ4n) is 16.8. The first kappa shape index (κ1) is 105. The van der Waals surface area contributed by atoms with Crippen molar-refractivity contribution in [2.75, 3.05) is 19.8 Å². The van der Waals surface area contributed by atoms with Crippen LogP contribution in [-0.2, 0) is 104 Å². The topological polar surface area (TPSA) is 234 Å². The molecular formula is C106H162N2O17. The van der Waals surface area contributed by atoms with Crippen molar-refractivity contribution in [3.63, 3.8) is 0 Å². The molecule has 0 radical (unpaired) electrons. The maximum absolute atomic E-state index is 15.5. The van der Waals surface area contributed by atoms with Crippen LogP contribution in [0.3, 0.4) is 0 Å². The van der Waals surface area contributed by atoms with Crippen LogP contribution in [0.5, 0.6) is 0 Å². The van der Waals surface area contributed by atoms with Gasteiger partial charge in [-0.25, -0.2) is 0 Å². The molecule has 0 spiro atoms. The Hall–Kier alpha value is -6.72. The van der Waals surface area contributed by atoms with E-state index >= 15 is 19.2 Å². The average molecular weight is 1740 g/mol. The number of aliphatic hydroxyl groups excluding tert-OH is 2. The summed E-state index contributed by atoms with van der Waals surface area (Å²) in [6, 6.07) is 46.4. The number of ether oxygens (including phenoxy) is 11. The Bertz CT molecular complexity index is 3490. The number of carbonyl (C=O) groups is 4. The number of rotatable bonds is 74. The van der Waals surface area contributed by atoms with Gasteiger partial charge in [0.2, 0.25) is 11.8 Å². The molecule has 2 heterocycles. The lowest BCUT2D eigenvalue weighted by molar-refractivity contribution is -0.309. The van der Waals surface area contributed by atoms with Crippen LogP contribution in [0.4, 0.5) is 0 Å². The molecule has 2 saturated heterocycles. The predicted molar refractivity (Wildman–Crippen MR) is 497 cm³/mol. The number of hydrogen-bond acceptors (Lipinski definition) is 17. The van der Waals surface area contributed by atoms with Crippen molar-refractivity contribution in [1.82, 2.24) is 10.6 Å². The van der Waals surface area contributed by atoms with Gasteiger partial charge < -0.3 is 73.0 Å². The van der Waals surface area contributed by atoms with Crippen LogP contribution >= 0.6 is 0 Å². The molecule has 19 heteroatoms. The van der Waals surface area contributed by atoms with Crippen LogP contribution in [-0.4, -0.2) is 139 Å². The molecule has 2 aliphatic heterocycles. The Morgan fingerprint density at radius 3 is 0.952 bits per heavy atom. The molecule has 5 aromatic carbocycles. The zero-order valence-corrected chi connectivity index (χ0v) is 77.1. The minimum Gasteiger partial charge on any atom is -0.457 e. The molecule has 0 bridgehead atoms. The van der Waals surface area contributed by atoms with E-state index in [4.69, 9.17) is 52.1 Å². The summed E-state index contributed by atoms with van der Waals surface area (Å²) in [5.41, 5.74) is 4.61. The number of esters is 2. The Kier molecular flexibility index (Phi) is 56.9. The zero-order valence-electron chi connectivity index (χ0n) is 77.1. The van der Waals surface area contributed by atoms with Crippen molar-refractivity contribution in [1.29, 1.82) is 0 Å². The van der Waals surface area contributed by atoms with E-state index in [9.17, 15) is 10.2 Å². The van der Waals surface area contributed by atoms with Gasteiger partial charge in [0.25, 0.3) is 0 Å². The summed E-state index contributed by atoms with van der Waals surface area (Å²) in [5, 5.41) is 30.3. The molecule has 2 aliphatic rings. The summed E-state index contributed by atoms with van der Waals surface area (Å²) in [7, 11) is 0. The normalized spacial score (nSPS) is 19.9. The zero-order chi connectivity index (χ0) is 88.6. The van der Waals surface area contributed by atoms with Crippen molar-refractivity contribution in [2.45, 2.75) is 429 Å². The Balaban J connectivity index is 1.26. The van der Waals surface area contributed by atoms with E-state index in [-0.39, 0.29) is 58.7 Å². The van der Waals surface area contributed by atoms with Crippen LogP contribution in [0.1, 0.15) is 338 Å². The quantitative estimate of drug-likeness (QED) is 0.0161. The molecule has 14 atom stereocenters. The van der Waals surface area contributed by atoms with Gasteiger partial charge in [-0.3, -0.25) is 19.2 Å². The third-order valence-electron chi connectivity index (χ3n) is 24.2. The van der Waals surface area contributed by atoms with E-state index in [2.05, 4.69) is 44.9 Å². The molecular weight excluding hydrogens is 1570 g/mol. The molecule has 2 fully saturated rings. The van der Waals surface area contributed by atoms with Crippen LogP contribution in [0.15, 0.2) is 164 Å². The first-order valence-corrected chi connectivity index (χ1v) is 49.1. The molecule has 0 aromatic heterocycles. The van der Waals surface area contributed by atoms with E-state index in [1.54, 1.807) is 6.08 Å². The lowest BCUT2D eigenvalue weighted by Crippen LogP contribution is -2.68. The van der Waals surface area contributed by atoms with E-state index in [0.29, 0.717) is 32.3 Å². The van der Waals surface area contributed by atoms with E-state index in [1.165, 1.54) is 128 Å².